The third-order valence-electron chi connectivity index (χ3n) is 17.0. The molecular weight excluding hydrogens is 1410 g/mol. The first kappa shape index (κ1) is 75.5. The third-order valence-corrected chi connectivity index (χ3v) is 17.0. The van der Waals surface area contributed by atoms with Gasteiger partial charge < -0.3 is 74.9 Å². The summed E-state index contributed by atoms with van der Waals surface area (Å²) in [5.41, 5.74) is -6.39. The molecule has 0 spiro atoms. The second-order valence-corrected chi connectivity index (χ2v) is 24.2. The van der Waals surface area contributed by atoms with E-state index in [1.165, 1.54) is 82.3 Å². The lowest BCUT2D eigenvalue weighted by Crippen LogP contribution is -2.78. The molecule has 0 saturated carbocycles. The van der Waals surface area contributed by atoms with E-state index < -0.39 is 71.3 Å². The van der Waals surface area contributed by atoms with Gasteiger partial charge in [0.1, 0.15) is 97.2 Å². The van der Waals surface area contributed by atoms with Crippen LogP contribution in [0.3, 0.4) is 0 Å². The first-order valence-corrected chi connectivity index (χ1v) is 33.6. The van der Waals surface area contributed by atoms with Crippen molar-refractivity contribution in [3.8, 4) is 46.0 Å². The molecule has 0 atom stereocenters. The SMILES string of the molecule is FC(F)(F)c1cc([B-]2([n+]3ccc(/C=C/c4cc[n+]([B-]5(c6cc(C(F)(F)F)cc(C(F)(F)F)c6)Oc6ccccc6O5)cc4)cc3)Oc3ccccc3O2)cc(C(F)(F)F)c1.c1cc2c3cccc(c3c1)OCCOCCOCCOCCOc1cccc3c(cccc13)OCCOCCOCCOCCO2. The first-order valence-electron chi connectivity index (χ1n) is 33.6. The van der Waals surface area contributed by atoms with E-state index in [0.717, 1.165) is 44.5 Å². The van der Waals surface area contributed by atoms with Crippen molar-refractivity contribution in [1.29, 1.82) is 0 Å². The highest BCUT2D eigenvalue weighted by molar-refractivity contribution is 6.76. The molecule has 106 heavy (non-hydrogen) atoms. The Morgan fingerprint density at radius 1 is 0.255 bits per heavy atom. The van der Waals surface area contributed by atoms with Gasteiger partial charge in [-0.3, -0.25) is 0 Å². The van der Waals surface area contributed by atoms with Crippen molar-refractivity contribution in [2.24, 2.45) is 0 Å². The van der Waals surface area contributed by atoms with Crippen molar-refractivity contribution in [2.75, 3.05) is 106 Å². The van der Waals surface area contributed by atoms with E-state index in [1.54, 1.807) is 36.4 Å². The summed E-state index contributed by atoms with van der Waals surface area (Å²) in [6.45, 7) is 0.890. The summed E-state index contributed by atoms with van der Waals surface area (Å²) in [6.07, 6.45) is -12.0. The highest BCUT2D eigenvalue weighted by Crippen LogP contribution is 2.42. The number of alkyl halides is 12. The van der Waals surface area contributed by atoms with Crippen LogP contribution in [0.1, 0.15) is 33.4 Å². The number of ether oxygens (including phenoxy) is 10. The van der Waals surface area contributed by atoms with Gasteiger partial charge in [-0.1, -0.05) is 109 Å². The maximum Gasteiger partial charge on any atom is 0.684 e. The van der Waals surface area contributed by atoms with Crippen LogP contribution in [0.25, 0.3) is 33.7 Å². The lowest BCUT2D eigenvalue weighted by Gasteiger charge is -2.30. The Morgan fingerprint density at radius 3 is 0.698 bits per heavy atom. The van der Waals surface area contributed by atoms with Gasteiger partial charge in [0.05, 0.1) is 102 Å². The van der Waals surface area contributed by atoms with Gasteiger partial charge in [-0.2, -0.15) is 52.7 Å². The fourth-order valence-electron chi connectivity index (χ4n) is 12.0. The topological polar surface area (TPSA) is 137 Å². The van der Waals surface area contributed by atoms with Crippen LogP contribution in [0.2, 0.25) is 0 Å². The Bertz CT molecular complexity index is 4140. The minimum atomic E-state index is -5.15. The van der Waals surface area contributed by atoms with Gasteiger partial charge in [0, 0.05) is 45.8 Å². The van der Waals surface area contributed by atoms with Gasteiger partial charge in [0.2, 0.25) is 0 Å². The number of para-hydroxylation sites is 4. The summed E-state index contributed by atoms with van der Waals surface area (Å²) in [6, 6.07) is 43.9. The van der Waals surface area contributed by atoms with Crippen molar-refractivity contribution in [1.82, 2.24) is 0 Å². The first-order chi connectivity index (χ1) is 51.0. The van der Waals surface area contributed by atoms with Crippen molar-refractivity contribution >= 4 is 58.0 Å². The molecule has 0 unspecified atom stereocenters. The Labute approximate surface area is 599 Å². The molecule has 5 heterocycles. The number of pyridine rings is 2. The van der Waals surface area contributed by atoms with Gasteiger partial charge in [0.25, 0.3) is 0 Å². The van der Waals surface area contributed by atoms with E-state index in [2.05, 4.69) is 0 Å². The zero-order valence-corrected chi connectivity index (χ0v) is 56.4. The molecule has 30 heteroatoms. The molecular formula is C76H68B2F12N2O14. The number of nitrogens with zero attached hydrogens (tertiary/aromatic N) is 2. The van der Waals surface area contributed by atoms with Gasteiger partial charge in [-0.25, -0.2) is 0 Å². The maximum absolute atomic E-state index is 13.9. The number of hydrogen-bond donors (Lipinski definition) is 0. The second kappa shape index (κ2) is 33.5. The van der Waals surface area contributed by atoms with Crippen LogP contribution in [-0.4, -0.2) is 119 Å². The summed E-state index contributed by atoms with van der Waals surface area (Å²) in [5.74, 6) is 3.47. The lowest BCUT2D eigenvalue weighted by molar-refractivity contribution is -0.566. The second-order valence-electron chi connectivity index (χ2n) is 24.2. The predicted molar refractivity (Wildman–Crippen MR) is 367 cm³/mol. The summed E-state index contributed by atoms with van der Waals surface area (Å²) < 4.78 is 252. The normalized spacial score (nSPS) is 16.8. The van der Waals surface area contributed by atoms with Gasteiger partial charge in [-0.15, -0.1) is 0 Å². The quantitative estimate of drug-likeness (QED) is 0.115. The maximum atomic E-state index is 13.9. The van der Waals surface area contributed by atoms with E-state index in [0.29, 0.717) is 141 Å². The molecule has 13 rings (SSSR count). The van der Waals surface area contributed by atoms with Crippen LogP contribution in [-0.2, 0) is 53.1 Å². The molecule has 3 aliphatic heterocycles. The summed E-state index contributed by atoms with van der Waals surface area (Å²) in [5, 5.41) is 3.94. The molecule has 10 aromatic rings. The smallest absolute Gasteiger partial charge is 0.616 e. The van der Waals surface area contributed by atoms with E-state index in [4.69, 9.17) is 66.0 Å². The summed E-state index contributed by atoms with van der Waals surface area (Å²) >= 11 is 0. The van der Waals surface area contributed by atoms with Crippen LogP contribution in [0, 0.1) is 0 Å². The van der Waals surface area contributed by atoms with Crippen molar-refractivity contribution < 1.29 is 128 Å². The largest absolute Gasteiger partial charge is 0.684 e. The number of rotatable bonds is 6. The average Bonchev–Trinajstić information content (AvgIpc) is 1.53. The van der Waals surface area contributed by atoms with E-state index in [-0.39, 0.29) is 35.1 Å². The molecule has 0 radical (unpaired) electrons. The monoisotopic (exact) mass is 1480 g/mol. The fourth-order valence-corrected chi connectivity index (χ4v) is 12.0. The molecule has 556 valence electrons. The van der Waals surface area contributed by atoms with E-state index >= 15 is 0 Å². The summed E-state index contributed by atoms with van der Waals surface area (Å²) in [7, 11) is 0. The Morgan fingerprint density at radius 2 is 0.472 bits per heavy atom. The minimum Gasteiger partial charge on any atom is -0.616 e. The molecule has 0 N–H and O–H groups in total. The van der Waals surface area contributed by atoms with Crippen molar-refractivity contribution in [2.45, 2.75) is 24.7 Å². The molecule has 8 bridgehead atoms. The molecule has 8 aromatic carbocycles. The van der Waals surface area contributed by atoms with Gasteiger partial charge in [0.15, 0.2) is 0 Å². The zero-order chi connectivity index (χ0) is 74.4. The van der Waals surface area contributed by atoms with E-state index in [1.807, 2.05) is 72.8 Å². The highest BCUT2D eigenvalue weighted by atomic mass is 19.4. The number of aromatic nitrogens is 2. The zero-order valence-electron chi connectivity index (χ0n) is 56.4. The number of hydrogen-bond acceptors (Lipinski definition) is 14. The third kappa shape index (κ3) is 18.5. The average molecular weight is 1480 g/mol. The Kier molecular flexibility index (Phi) is 23.8. The predicted octanol–water partition coefficient (Wildman–Crippen LogP) is 14.2. The number of benzene rings is 8. The van der Waals surface area contributed by atoms with Crippen LogP contribution < -0.4 is 57.4 Å². The van der Waals surface area contributed by atoms with Crippen LogP contribution >= 0.6 is 0 Å². The lowest BCUT2D eigenvalue weighted by atomic mass is 9.62. The van der Waals surface area contributed by atoms with Crippen LogP contribution in [0.15, 0.2) is 207 Å². The Balaban J connectivity index is 0.000000206. The van der Waals surface area contributed by atoms with Gasteiger partial charge in [-0.05, 0) is 82.7 Å². The highest BCUT2D eigenvalue weighted by Gasteiger charge is 2.56. The Hall–Kier alpha value is -10.2. The fraction of sp³-hybridized carbons (Fsp3) is 0.263. The van der Waals surface area contributed by atoms with Crippen molar-refractivity contribution in [3.05, 3.63) is 240 Å². The van der Waals surface area contributed by atoms with E-state index in [9.17, 15) is 52.7 Å². The molecule has 2 aromatic heterocycles. The molecule has 0 fully saturated rings. The molecule has 3 aliphatic rings. The van der Waals surface area contributed by atoms with Crippen LogP contribution in [0.4, 0.5) is 52.7 Å². The molecule has 0 amide bonds. The van der Waals surface area contributed by atoms with Crippen molar-refractivity contribution in [3.63, 3.8) is 0 Å². The molecule has 0 aliphatic carbocycles. The number of halogens is 12. The van der Waals surface area contributed by atoms with Gasteiger partial charge >= 0.3 is 38.1 Å². The number of fused-ring (bicyclic) bond motifs is 2. The molecule has 16 nitrogen and oxygen atoms in total. The molecule has 0 saturated heterocycles. The minimum absolute atomic E-state index is 0.00157. The van der Waals surface area contributed by atoms with Crippen LogP contribution in [0.5, 0.6) is 46.0 Å². The standard InChI is InChI=1S/C40H24B2F12N2O4.C36H44O10/c43-37(44,45)27-19-28(38(46,47)48)22-31(21-27)41(57-33-5-1-2-6-34(33)58-41)55-15-11-25(12-16-55)9-10-26-13-17-56(18-14-26)42(59-35-7-3-4-8-36(35)60-42)32-23-29(39(49,50)51)20-30(24-32)40(52,53)54;1-5-29-30-6-2-10-34(29)44-26-22-40-18-14-38-16-20-42-24-28-46-36-12-4-7-31-32(36)8-3-11-35(31)45-27-23-41-19-15-37-13-17-39-21-25-43-33(30)9-1/h1-24H;1-12H,13-28H2/b10-9+;. The summed E-state index contributed by atoms with van der Waals surface area (Å²) in [4.78, 5) is 0.